The maximum Gasteiger partial charge on any atom is 0.265 e. The third kappa shape index (κ3) is 5.30. The predicted octanol–water partition coefficient (Wildman–Crippen LogP) is 4.00. The summed E-state index contributed by atoms with van der Waals surface area (Å²) in [5.74, 6) is 0.412. The Morgan fingerprint density at radius 1 is 1.16 bits per heavy atom. The molecule has 0 saturated carbocycles. The number of rotatable bonds is 8. The number of anilines is 1. The van der Waals surface area contributed by atoms with E-state index in [0.29, 0.717) is 36.1 Å². The van der Waals surface area contributed by atoms with E-state index in [4.69, 9.17) is 4.74 Å². The first-order valence-corrected chi connectivity index (χ1v) is 11.8. The summed E-state index contributed by atoms with van der Waals surface area (Å²) in [7, 11) is 0. The molecule has 6 heteroatoms. The van der Waals surface area contributed by atoms with Crippen molar-refractivity contribution in [1.29, 1.82) is 0 Å². The molecule has 170 valence electrons. The molecular weight excluding hydrogens is 402 g/mol. The van der Waals surface area contributed by atoms with Gasteiger partial charge in [0.25, 0.3) is 11.8 Å². The van der Waals surface area contributed by atoms with Gasteiger partial charge in [0.2, 0.25) is 0 Å². The van der Waals surface area contributed by atoms with Gasteiger partial charge in [-0.2, -0.15) is 0 Å². The monoisotopic (exact) mass is 435 g/mol. The van der Waals surface area contributed by atoms with Crippen molar-refractivity contribution < 1.29 is 14.3 Å². The Kier molecular flexibility index (Phi) is 7.43. The zero-order valence-corrected chi connectivity index (χ0v) is 18.9. The van der Waals surface area contributed by atoms with Crippen molar-refractivity contribution in [2.75, 3.05) is 31.1 Å². The van der Waals surface area contributed by atoms with E-state index in [1.807, 2.05) is 30.3 Å². The Labute approximate surface area is 190 Å². The van der Waals surface area contributed by atoms with E-state index in [-0.39, 0.29) is 18.4 Å². The number of hydrogen-bond acceptors (Lipinski definition) is 4. The maximum absolute atomic E-state index is 12.8. The topological polar surface area (TPSA) is 61.9 Å². The number of carbonyl (C=O) groups excluding carboxylic acids is 2. The number of fused-ring (bicyclic) bond motifs is 1. The first kappa shape index (κ1) is 22.3. The Morgan fingerprint density at radius 2 is 2.00 bits per heavy atom. The molecule has 2 aliphatic rings. The van der Waals surface area contributed by atoms with Gasteiger partial charge in [0.15, 0.2) is 6.61 Å². The number of nitrogens with one attached hydrogen (secondary N) is 1. The highest BCUT2D eigenvalue weighted by molar-refractivity contribution is 6.01. The lowest BCUT2D eigenvalue weighted by atomic mass is 10.00. The van der Waals surface area contributed by atoms with Gasteiger partial charge in [0.05, 0.1) is 12.2 Å². The molecular formula is C26H33N3O3. The van der Waals surface area contributed by atoms with Gasteiger partial charge in [-0.05, 0) is 56.0 Å². The van der Waals surface area contributed by atoms with Crippen molar-refractivity contribution in [2.24, 2.45) is 0 Å². The van der Waals surface area contributed by atoms with Crippen LogP contribution in [0.5, 0.6) is 5.75 Å². The highest BCUT2D eigenvalue weighted by Gasteiger charge is 2.27. The van der Waals surface area contributed by atoms with E-state index in [0.717, 1.165) is 18.5 Å². The predicted molar refractivity (Wildman–Crippen MR) is 126 cm³/mol. The molecule has 0 aromatic heterocycles. The Balaban J connectivity index is 1.37. The highest BCUT2D eigenvalue weighted by atomic mass is 16.5. The molecule has 6 nitrogen and oxygen atoms in total. The molecule has 1 unspecified atom stereocenters. The largest absolute Gasteiger partial charge is 0.482 e. The van der Waals surface area contributed by atoms with E-state index in [1.165, 1.54) is 32.2 Å². The molecule has 0 radical (unpaired) electrons. The minimum absolute atomic E-state index is 0.0145. The molecule has 1 atom stereocenters. The number of piperidine rings is 1. The summed E-state index contributed by atoms with van der Waals surface area (Å²) in [4.78, 5) is 29.6. The van der Waals surface area contributed by atoms with Crippen LogP contribution in [0.4, 0.5) is 5.69 Å². The Bertz CT molecular complexity index is 931. The molecule has 2 aromatic rings. The number of ether oxygens (including phenoxy) is 1. The van der Waals surface area contributed by atoms with E-state index in [2.05, 4.69) is 17.1 Å². The highest BCUT2D eigenvalue weighted by Crippen LogP contribution is 2.34. The van der Waals surface area contributed by atoms with Crippen LogP contribution in [0.2, 0.25) is 0 Å². The summed E-state index contributed by atoms with van der Waals surface area (Å²) in [6.45, 7) is 5.57. The Hall–Kier alpha value is -2.86. The second-order valence-electron chi connectivity index (χ2n) is 8.64. The van der Waals surface area contributed by atoms with Crippen LogP contribution in [0.1, 0.15) is 54.9 Å². The van der Waals surface area contributed by atoms with Crippen molar-refractivity contribution >= 4 is 17.5 Å². The fourth-order valence-electron chi connectivity index (χ4n) is 4.69. The van der Waals surface area contributed by atoms with Crippen molar-refractivity contribution in [3.05, 3.63) is 59.7 Å². The minimum atomic E-state index is -0.115. The molecule has 2 aromatic carbocycles. The van der Waals surface area contributed by atoms with E-state index >= 15 is 0 Å². The van der Waals surface area contributed by atoms with Gasteiger partial charge in [0.1, 0.15) is 5.75 Å². The standard InChI is InChI=1S/C26H33N3O3/c1-2-22-11-6-7-15-28(22)16-8-14-27-26(31)21-12-13-24-23(17-21)29(25(30)19-32-24)18-20-9-4-3-5-10-20/h3-5,9-10,12-13,17,22H,2,6-8,11,14-16,18-19H2,1H3,(H,27,31). The van der Waals surface area contributed by atoms with Crippen molar-refractivity contribution in [2.45, 2.75) is 51.6 Å². The molecule has 0 spiro atoms. The fraction of sp³-hybridized carbons (Fsp3) is 0.462. The minimum Gasteiger partial charge on any atom is -0.482 e. The molecule has 0 aliphatic carbocycles. The van der Waals surface area contributed by atoms with Crippen LogP contribution < -0.4 is 15.0 Å². The van der Waals surface area contributed by atoms with Gasteiger partial charge in [-0.25, -0.2) is 0 Å². The van der Waals surface area contributed by atoms with Crippen LogP contribution in [0, 0.1) is 0 Å². The number of amides is 2. The van der Waals surface area contributed by atoms with Gasteiger partial charge in [-0.1, -0.05) is 43.7 Å². The SMILES string of the molecule is CCC1CCCCN1CCCNC(=O)c1ccc2c(c1)N(Cc1ccccc1)C(=O)CO2. The Morgan fingerprint density at radius 3 is 2.81 bits per heavy atom. The maximum atomic E-state index is 12.8. The zero-order chi connectivity index (χ0) is 22.3. The van der Waals surface area contributed by atoms with Crippen molar-refractivity contribution in [1.82, 2.24) is 10.2 Å². The third-order valence-corrected chi connectivity index (χ3v) is 6.48. The van der Waals surface area contributed by atoms with Gasteiger partial charge in [-0.15, -0.1) is 0 Å². The van der Waals surface area contributed by atoms with Crippen LogP contribution in [-0.2, 0) is 11.3 Å². The lowest BCUT2D eigenvalue weighted by Crippen LogP contribution is -2.40. The second-order valence-corrected chi connectivity index (χ2v) is 8.64. The summed E-state index contributed by atoms with van der Waals surface area (Å²) in [6.07, 6.45) is 6.03. The van der Waals surface area contributed by atoms with Crippen molar-refractivity contribution in [3.63, 3.8) is 0 Å². The number of likely N-dealkylation sites (tertiary alicyclic amines) is 1. The first-order chi connectivity index (χ1) is 15.7. The first-order valence-electron chi connectivity index (χ1n) is 11.8. The van der Waals surface area contributed by atoms with Gasteiger partial charge >= 0.3 is 0 Å². The van der Waals surface area contributed by atoms with E-state index in [9.17, 15) is 9.59 Å². The van der Waals surface area contributed by atoms with Crippen LogP contribution in [0.25, 0.3) is 0 Å². The van der Waals surface area contributed by atoms with Crippen LogP contribution in [0.15, 0.2) is 48.5 Å². The molecule has 1 fully saturated rings. The van der Waals surface area contributed by atoms with Gasteiger partial charge in [0, 0.05) is 24.7 Å². The normalized spacial score (nSPS) is 18.7. The average molecular weight is 436 g/mol. The summed E-state index contributed by atoms with van der Waals surface area (Å²) in [5.41, 5.74) is 2.23. The van der Waals surface area contributed by atoms with Gasteiger partial charge < -0.3 is 19.9 Å². The zero-order valence-electron chi connectivity index (χ0n) is 18.9. The summed E-state index contributed by atoms with van der Waals surface area (Å²) >= 11 is 0. The van der Waals surface area contributed by atoms with E-state index in [1.54, 1.807) is 23.1 Å². The molecule has 2 heterocycles. The molecule has 1 saturated heterocycles. The number of benzene rings is 2. The molecule has 2 aliphatic heterocycles. The molecule has 0 bridgehead atoms. The lowest BCUT2D eigenvalue weighted by Gasteiger charge is -2.35. The number of nitrogens with zero attached hydrogens (tertiary/aromatic N) is 2. The second kappa shape index (κ2) is 10.6. The quantitative estimate of drug-likeness (QED) is 0.637. The van der Waals surface area contributed by atoms with E-state index < -0.39 is 0 Å². The molecule has 4 rings (SSSR count). The smallest absolute Gasteiger partial charge is 0.265 e. The summed E-state index contributed by atoms with van der Waals surface area (Å²) in [5, 5.41) is 3.04. The summed E-state index contributed by atoms with van der Waals surface area (Å²) < 4.78 is 5.60. The van der Waals surface area contributed by atoms with Crippen LogP contribution >= 0.6 is 0 Å². The van der Waals surface area contributed by atoms with Crippen LogP contribution in [0.3, 0.4) is 0 Å². The number of carbonyl (C=O) groups is 2. The summed E-state index contributed by atoms with van der Waals surface area (Å²) in [6, 6.07) is 15.9. The third-order valence-electron chi connectivity index (χ3n) is 6.48. The number of hydrogen-bond donors (Lipinski definition) is 1. The molecule has 32 heavy (non-hydrogen) atoms. The average Bonchev–Trinajstić information content (AvgIpc) is 2.84. The van der Waals surface area contributed by atoms with Gasteiger partial charge in [-0.3, -0.25) is 9.59 Å². The molecule has 2 amide bonds. The van der Waals surface area contributed by atoms with Crippen LogP contribution in [-0.4, -0.2) is 49.0 Å². The van der Waals surface area contributed by atoms with Crippen molar-refractivity contribution in [3.8, 4) is 5.75 Å². The molecule has 1 N–H and O–H groups in total. The fourth-order valence-corrected chi connectivity index (χ4v) is 4.69. The lowest BCUT2D eigenvalue weighted by molar-refractivity contribution is -0.121.